The molecule has 1 aromatic heterocycles. The number of aryl methyl sites for hydroxylation is 1. The van der Waals surface area contributed by atoms with Gasteiger partial charge in [0.15, 0.2) is 0 Å². The summed E-state index contributed by atoms with van der Waals surface area (Å²) in [4.78, 5) is 15.2. The molecule has 0 aliphatic carbocycles. The van der Waals surface area contributed by atoms with Gasteiger partial charge >= 0.3 is 5.97 Å². The first-order valence-corrected chi connectivity index (χ1v) is 6.36. The third-order valence-electron chi connectivity index (χ3n) is 3.40. The first-order valence-electron chi connectivity index (χ1n) is 6.36. The third-order valence-corrected chi connectivity index (χ3v) is 3.40. The summed E-state index contributed by atoms with van der Waals surface area (Å²) in [6.45, 7) is 0. The summed E-state index contributed by atoms with van der Waals surface area (Å²) < 4.78 is 1.99. The Morgan fingerprint density at radius 2 is 1.85 bits per heavy atom. The van der Waals surface area contributed by atoms with E-state index in [1.165, 1.54) is 5.56 Å². The molecule has 0 amide bonds. The molecule has 20 heavy (non-hydrogen) atoms. The summed E-state index contributed by atoms with van der Waals surface area (Å²) in [5, 5.41) is 8.88. The van der Waals surface area contributed by atoms with E-state index in [1.807, 2.05) is 23.7 Å². The average Bonchev–Trinajstić information content (AvgIpc) is 2.81. The van der Waals surface area contributed by atoms with Crippen LogP contribution in [0, 0.1) is 0 Å². The molecule has 1 heterocycles. The highest BCUT2D eigenvalue weighted by atomic mass is 16.4. The first kappa shape index (κ1) is 12.4. The maximum atomic E-state index is 10.8. The van der Waals surface area contributed by atoms with Crippen LogP contribution < -0.4 is 0 Å². The number of nitrogens with zero attached hydrogens (tertiary/aromatic N) is 2. The molecule has 0 fully saturated rings. The fourth-order valence-corrected chi connectivity index (χ4v) is 2.29. The number of carboxylic acid groups (broad SMARTS) is 1. The Balaban J connectivity index is 1.86. The van der Waals surface area contributed by atoms with Crippen molar-refractivity contribution in [2.45, 2.75) is 6.42 Å². The van der Waals surface area contributed by atoms with Crippen molar-refractivity contribution in [3.63, 3.8) is 0 Å². The van der Waals surface area contributed by atoms with Gasteiger partial charge in [-0.2, -0.15) is 0 Å². The summed E-state index contributed by atoms with van der Waals surface area (Å²) in [5.41, 5.74) is 4.65. The van der Waals surface area contributed by atoms with E-state index in [9.17, 15) is 4.79 Å². The monoisotopic (exact) mass is 266 g/mol. The van der Waals surface area contributed by atoms with Gasteiger partial charge in [0.05, 0.1) is 22.9 Å². The molecule has 3 rings (SSSR count). The topological polar surface area (TPSA) is 55.1 Å². The Morgan fingerprint density at radius 3 is 2.55 bits per heavy atom. The maximum absolute atomic E-state index is 10.8. The molecule has 0 aliphatic rings. The molecule has 4 nitrogen and oxygen atoms in total. The number of imidazole rings is 1. The van der Waals surface area contributed by atoms with Crippen molar-refractivity contribution in [2.24, 2.45) is 7.05 Å². The van der Waals surface area contributed by atoms with Crippen molar-refractivity contribution < 1.29 is 9.90 Å². The Morgan fingerprint density at radius 1 is 1.15 bits per heavy atom. The third kappa shape index (κ3) is 2.28. The van der Waals surface area contributed by atoms with Crippen molar-refractivity contribution in [3.05, 3.63) is 65.5 Å². The van der Waals surface area contributed by atoms with E-state index in [-0.39, 0.29) is 0 Å². The smallest absolute Gasteiger partial charge is 0.335 e. The van der Waals surface area contributed by atoms with Crippen LogP contribution in [0.3, 0.4) is 0 Å². The van der Waals surface area contributed by atoms with E-state index >= 15 is 0 Å². The van der Waals surface area contributed by atoms with Gasteiger partial charge in [0.25, 0.3) is 0 Å². The molecular weight excluding hydrogens is 252 g/mol. The fourth-order valence-electron chi connectivity index (χ4n) is 2.29. The van der Waals surface area contributed by atoms with Gasteiger partial charge in [-0.15, -0.1) is 0 Å². The number of aromatic nitrogens is 2. The Bertz CT molecular complexity index is 773. The zero-order valence-electron chi connectivity index (χ0n) is 11.1. The van der Waals surface area contributed by atoms with E-state index in [0.29, 0.717) is 5.56 Å². The highest BCUT2D eigenvalue weighted by Gasteiger charge is 2.04. The molecule has 0 spiro atoms. The van der Waals surface area contributed by atoms with Gasteiger partial charge in [-0.25, -0.2) is 9.78 Å². The summed E-state index contributed by atoms with van der Waals surface area (Å²) in [7, 11) is 1.97. The molecule has 0 saturated heterocycles. The molecule has 0 bridgehead atoms. The normalized spacial score (nSPS) is 10.8. The summed E-state index contributed by atoms with van der Waals surface area (Å²) in [6, 6.07) is 13.2. The van der Waals surface area contributed by atoms with Gasteiger partial charge < -0.3 is 9.67 Å². The largest absolute Gasteiger partial charge is 0.478 e. The van der Waals surface area contributed by atoms with Crippen molar-refractivity contribution in [3.8, 4) is 0 Å². The lowest BCUT2D eigenvalue weighted by Gasteiger charge is -2.03. The van der Waals surface area contributed by atoms with Crippen LogP contribution in [0.15, 0.2) is 48.8 Å². The van der Waals surface area contributed by atoms with Crippen molar-refractivity contribution >= 4 is 17.0 Å². The van der Waals surface area contributed by atoms with Crippen molar-refractivity contribution in [1.82, 2.24) is 9.55 Å². The lowest BCUT2D eigenvalue weighted by Crippen LogP contribution is -1.96. The highest BCUT2D eigenvalue weighted by molar-refractivity contribution is 5.87. The van der Waals surface area contributed by atoms with Crippen molar-refractivity contribution in [1.29, 1.82) is 0 Å². The quantitative estimate of drug-likeness (QED) is 0.793. The van der Waals surface area contributed by atoms with Crippen LogP contribution in [0.4, 0.5) is 0 Å². The Kier molecular flexibility index (Phi) is 2.99. The zero-order valence-corrected chi connectivity index (χ0v) is 11.1. The Labute approximate surface area is 116 Å². The van der Waals surface area contributed by atoms with E-state index in [0.717, 1.165) is 23.0 Å². The van der Waals surface area contributed by atoms with E-state index in [2.05, 4.69) is 23.2 Å². The van der Waals surface area contributed by atoms with Gasteiger partial charge in [-0.05, 0) is 41.8 Å². The van der Waals surface area contributed by atoms with Crippen LogP contribution >= 0.6 is 0 Å². The zero-order chi connectivity index (χ0) is 14.1. The molecule has 4 heteroatoms. The Hall–Kier alpha value is -2.62. The number of benzene rings is 2. The minimum absolute atomic E-state index is 0.314. The SMILES string of the molecule is Cn1cnc2cc(Cc3ccc(C(=O)O)cc3)ccc21. The number of rotatable bonds is 3. The highest BCUT2D eigenvalue weighted by Crippen LogP contribution is 2.17. The molecule has 100 valence electrons. The molecule has 0 unspecified atom stereocenters. The van der Waals surface area contributed by atoms with Crippen molar-refractivity contribution in [2.75, 3.05) is 0 Å². The minimum Gasteiger partial charge on any atom is -0.478 e. The lowest BCUT2D eigenvalue weighted by molar-refractivity contribution is 0.0697. The maximum Gasteiger partial charge on any atom is 0.335 e. The number of fused-ring (bicyclic) bond motifs is 1. The molecule has 2 aromatic carbocycles. The van der Waals surface area contributed by atoms with Gasteiger partial charge in [-0.3, -0.25) is 0 Å². The summed E-state index contributed by atoms with van der Waals surface area (Å²) >= 11 is 0. The number of hydrogen-bond donors (Lipinski definition) is 1. The second-order valence-electron chi connectivity index (χ2n) is 4.86. The molecule has 0 aliphatic heterocycles. The van der Waals surface area contributed by atoms with Gasteiger partial charge in [0.1, 0.15) is 0 Å². The van der Waals surface area contributed by atoms with E-state index < -0.39 is 5.97 Å². The van der Waals surface area contributed by atoms with Crippen LogP contribution in [-0.4, -0.2) is 20.6 Å². The number of aromatic carboxylic acids is 1. The predicted molar refractivity (Wildman–Crippen MR) is 76.9 cm³/mol. The summed E-state index contributed by atoms with van der Waals surface area (Å²) in [5.74, 6) is -0.897. The van der Waals surface area contributed by atoms with Crippen LogP contribution in [0.25, 0.3) is 11.0 Å². The molecule has 0 saturated carbocycles. The van der Waals surface area contributed by atoms with E-state index in [4.69, 9.17) is 5.11 Å². The van der Waals surface area contributed by atoms with E-state index in [1.54, 1.807) is 18.5 Å². The standard InChI is InChI=1S/C16H14N2O2/c1-18-10-17-14-9-12(4-7-15(14)18)8-11-2-5-13(6-3-11)16(19)20/h2-7,9-10H,8H2,1H3,(H,19,20). The second kappa shape index (κ2) is 4.81. The number of hydrogen-bond acceptors (Lipinski definition) is 2. The predicted octanol–water partition coefficient (Wildman–Crippen LogP) is 2.86. The molecule has 0 radical (unpaired) electrons. The van der Waals surface area contributed by atoms with Crippen LogP contribution in [0.2, 0.25) is 0 Å². The molecule has 1 N–H and O–H groups in total. The fraction of sp³-hybridized carbons (Fsp3) is 0.125. The van der Waals surface area contributed by atoms with Gasteiger partial charge in [0, 0.05) is 7.05 Å². The van der Waals surface area contributed by atoms with Crippen LogP contribution in [0.5, 0.6) is 0 Å². The van der Waals surface area contributed by atoms with Gasteiger partial charge in [-0.1, -0.05) is 18.2 Å². The number of carbonyl (C=O) groups is 1. The minimum atomic E-state index is -0.897. The number of carboxylic acids is 1. The molecule has 3 aromatic rings. The van der Waals surface area contributed by atoms with Gasteiger partial charge in [0.2, 0.25) is 0 Å². The van der Waals surface area contributed by atoms with Crippen LogP contribution in [-0.2, 0) is 13.5 Å². The average molecular weight is 266 g/mol. The second-order valence-corrected chi connectivity index (χ2v) is 4.86. The molecular formula is C16H14N2O2. The first-order chi connectivity index (χ1) is 9.63. The molecule has 0 atom stereocenters. The lowest BCUT2D eigenvalue weighted by atomic mass is 10.0. The van der Waals surface area contributed by atoms with Crippen LogP contribution in [0.1, 0.15) is 21.5 Å². The summed E-state index contributed by atoms with van der Waals surface area (Å²) in [6.07, 6.45) is 2.57.